The van der Waals surface area contributed by atoms with Crippen LogP contribution in [-0.4, -0.2) is 0 Å². The van der Waals surface area contributed by atoms with Crippen LogP contribution in [0.25, 0.3) is 0 Å². The Morgan fingerprint density at radius 1 is 1.20 bits per heavy atom. The number of nitrogens with one attached hydrogen (secondary N) is 1. The molecule has 0 bridgehead atoms. The van der Waals surface area contributed by atoms with Crippen molar-refractivity contribution in [3.8, 4) is 0 Å². The first kappa shape index (κ1) is 7.11. The predicted octanol–water partition coefficient (Wildman–Crippen LogP) is 1.67. The Kier molecular flexibility index (Phi) is 3.44. The largest absolute Gasteiger partial charge is 0.321 e. The molecule has 1 aromatic rings. The molecule has 0 fully saturated rings. The van der Waals surface area contributed by atoms with Crippen LogP contribution in [0, 0.1) is 0 Å². The van der Waals surface area contributed by atoms with E-state index in [9.17, 15) is 0 Å². The van der Waals surface area contributed by atoms with Crippen LogP contribution < -0.4 is 5.48 Å². The summed E-state index contributed by atoms with van der Waals surface area (Å²) in [7, 11) is 0. The Labute approximate surface area is 62.8 Å². The van der Waals surface area contributed by atoms with Crippen molar-refractivity contribution in [1.29, 1.82) is 0 Å². The van der Waals surface area contributed by atoms with Gasteiger partial charge in [0.05, 0.1) is 6.20 Å². The van der Waals surface area contributed by atoms with Crippen molar-refractivity contribution in [2.45, 2.75) is 0 Å². The third kappa shape index (κ3) is 3.11. The molecule has 54 valence electrons. The second-order valence-corrected chi connectivity index (χ2v) is 2.21. The van der Waals surface area contributed by atoms with Gasteiger partial charge in [-0.2, -0.15) is 11.3 Å². The van der Waals surface area contributed by atoms with Crippen LogP contribution in [0.4, 0.5) is 0 Å². The molecule has 10 heavy (non-hydrogen) atoms. The summed E-state index contributed by atoms with van der Waals surface area (Å²) in [5.41, 5.74) is 2.32. The van der Waals surface area contributed by atoms with E-state index >= 15 is 0 Å². The van der Waals surface area contributed by atoms with E-state index in [-0.39, 0.29) is 0 Å². The minimum atomic E-state index is 1.40. The van der Waals surface area contributed by atoms with Crippen LogP contribution in [-0.2, 0) is 9.88 Å². The SMILES string of the molecule is C1=COON1.c1ccsc1. The third-order valence-electron chi connectivity index (χ3n) is 0.713. The van der Waals surface area contributed by atoms with E-state index in [1.54, 1.807) is 17.5 Å². The zero-order valence-electron chi connectivity index (χ0n) is 5.19. The lowest BCUT2D eigenvalue weighted by atomic mass is 10.7. The molecule has 0 radical (unpaired) electrons. The highest BCUT2D eigenvalue weighted by atomic mass is 32.1. The van der Waals surface area contributed by atoms with Gasteiger partial charge in [-0.25, -0.2) is 5.48 Å². The number of rotatable bonds is 0. The molecule has 1 N–H and O–H groups in total. The summed E-state index contributed by atoms with van der Waals surface area (Å²) >= 11 is 1.71. The van der Waals surface area contributed by atoms with Crippen molar-refractivity contribution in [3.05, 3.63) is 35.4 Å². The van der Waals surface area contributed by atoms with Crippen molar-refractivity contribution in [2.24, 2.45) is 0 Å². The minimum Gasteiger partial charge on any atom is -0.321 e. The molecule has 2 heterocycles. The molecule has 0 aliphatic carbocycles. The first-order chi connectivity index (χ1) is 5.00. The Morgan fingerprint density at radius 2 is 2.00 bits per heavy atom. The average molecular weight is 157 g/mol. The number of hydroxylamine groups is 1. The predicted molar refractivity (Wildman–Crippen MR) is 38.8 cm³/mol. The van der Waals surface area contributed by atoms with E-state index in [0.717, 1.165) is 0 Å². The molecule has 0 atom stereocenters. The molecule has 2 rings (SSSR count). The van der Waals surface area contributed by atoms with Crippen LogP contribution in [0.3, 0.4) is 0 Å². The normalized spacial score (nSPS) is 12.8. The number of hydrogen-bond acceptors (Lipinski definition) is 4. The van der Waals surface area contributed by atoms with Gasteiger partial charge in [0, 0.05) is 0 Å². The van der Waals surface area contributed by atoms with E-state index in [1.807, 2.05) is 22.9 Å². The second-order valence-electron chi connectivity index (χ2n) is 1.39. The van der Waals surface area contributed by atoms with E-state index in [4.69, 9.17) is 0 Å². The molecule has 0 aromatic carbocycles. The molecule has 0 saturated carbocycles. The first-order valence-electron chi connectivity index (χ1n) is 2.70. The van der Waals surface area contributed by atoms with Gasteiger partial charge in [-0.1, -0.05) is 17.1 Å². The molecular weight excluding hydrogens is 150 g/mol. The minimum absolute atomic E-state index is 1.40. The summed E-state index contributed by atoms with van der Waals surface area (Å²) in [6, 6.07) is 4.04. The summed E-state index contributed by atoms with van der Waals surface area (Å²) < 4.78 is 0. The highest BCUT2D eigenvalue weighted by Crippen LogP contribution is 1.91. The third-order valence-corrected chi connectivity index (χ3v) is 1.34. The average Bonchev–Trinajstić information content (AvgIpc) is 2.67. The quantitative estimate of drug-likeness (QED) is 0.581. The topological polar surface area (TPSA) is 30.5 Å². The maximum Gasteiger partial charge on any atom is 0.150 e. The highest BCUT2D eigenvalue weighted by Gasteiger charge is 1.81. The van der Waals surface area contributed by atoms with Crippen LogP contribution >= 0.6 is 11.3 Å². The lowest BCUT2D eigenvalue weighted by Crippen LogP contribution is -1.94. The van der Waals surface area contributed by atoms with E-state index in [2.05, 4.69) is 15.4 Å². The zero-order chi connectivity index (χ0) is 7.07. The fraction of sp³-hybridized carbons (Fsp3) is 0. The van der Waals surface area contributed by atoms with Crippen molar-refractivity contribution in [2.75, 3.05) is 0 Å². The number of thiophene rings is 1. The van der Waals surface area contributed by atoms with Crippen LogP contribution in [0.1, 0.15) is 0 Å². The van der Waals surface area contributed by atoms with E-state index in [1.165, 1.54) is 6.26 Å². The van der Waals surface area contributed by atoms with Crippen LogP contribution in [0.5, 0.6) is 0 Å². The van der Waals surface area contributed by atoms with Crippen LogP contribution in [0.15, 0.2) is 35.4 Å². The van der Waals surface area contributed by atoms with Gasteiger partial charge in [-0.3, -0.25) is 0 Å². The smallest absolute Gasteiger partial charge is 0.150 e. The van der Waals surface area contributed by atoms with E-state index < -0.39 is 0 Å². The molecule has 4 heteroatoms. The zero-order valence-corrected chi connectivity index (χ0v) is 6.01. The molecule has 3 nitrogen and oxygen atoms in total. The lowest BCUT2D eigenvalue weighted by Gasteiger charge is -1.81. The van der Waals surface area contributed by atoms with Gasteiger partial charge < -0.3 is 4.89 Å². The monoisotopic (exact) mass is 157 g/mol. The van der Waals surface area contributed by atoms with Crippen molar-refractivity contribution in [3.63, 3.8) is 0 Å². The molecule has 0 spiro atoms. The molecule has 1 aliphatic rings. The fourth-order valence-electron chi connectivity index (χ4n) is 0.366. The maximum atomic E-state index is 4.15. The van der Waals surface area contributed by atoms with Crippen LogP contribution in [0.2, 0.25) is 0 Å². The van der Waals surface area contributed by atoms with Gasteiger partial charge in [0.1, 0.15) is 6.26 Å². The van der Waals surface area contributed by atoms with Gasteiger partial charge in [-0.05, 0) is 10.8 Å². The summed E-state index contributed by atoms with van der Waals surface area (Å²) in [5, 5.41) is 4.08. The molecule has 0 amide bonds. The van der Waals surface area contributed by atoms with E-state index in [0.29, 0.717) is 0 Å². The Bertz CT molecular complexity index is 151. The van der Waals surface area contributed by atoms with Gasteiger partial charge in [0.2, 0.25) is 0 Å². The summed E-state index contributed by atoms with van der Waals surface area (Å²) in [6.07, 6.45) is 2.94. The summed E-state index contributed by atoms with van der Waals surface area (Å²) in [6.45, 7) is 0. The fourth-order valence-corrected chi connectivity index (χ4v) is 0.819. The lowest BCUT2D eigenvalue weighted by molar-refractivity contribution is -0.264. The molecule has 1 aromatic heterocycles. The summed E-state index contributed by atoms with van der Waals surface area (Å²) in [5.74, 6) is 0. The van der Waals surface area contributed by atoms with Gasteiger partial charge in [-0.15, -0.1) is 0 Å². The second kappa shape index (κ2) is 4.84. The maximum absolute atomic E-state index is 4.15. The van der Waals surface area contributed by atoms with Crippen molar-refractivity contribution in [1.82, 2.24) is 5.48 Å². The molecule has 1 aliphatic heterocycles. The van der Waals surface area contributed by atoms with Gasteiger partial charge in [0.25, 0.3) is 0 Å². The van der Waals surface area contributed by atoms with Gasteiger partial charge in [0.15, 0.2) is 0 Å². The van der Waals surface area contributed by atoms with Crippen molar-refractivity contribution < 1.29 is 9.88 Å². The first-order valence-corrected chi connectivity index (χ1v) is 3.64. The Morgan fingerprint density at radius 3 is 2.20 bits per heavy atom. The standard InChI is InChI=1S/C4H4S.C2H3NO2/c2*1-2-4-5-3-1/h1-4H;1-3H. The van der Waals surface area contributed by atoms with Crippen molar-refractivity contribution >= 4 is 11.3 Å². The molecule has 0 saturated heterocycles. The molecular formula is C6H7NO2S. The summed E-state index contributed by atoms with van der Waals surface area (Å²) in [4.78, 5) is 8.24. The Balaban J connectivity index is 0.0000001000. The number of hydrogen-bond donors (Lipinski definition) is 1. The molecule has 0 unspecified atom stereocenters. The van der Waals surface area contributed by atoms with Gasteiger partial charge >= 0.3 is 0 Å². The highest BCUT2D eigenvalue weighted by molar-refractivity contribution is 7.07. The Hall–Kier alpha value is -1.000.